The summed E-state index contributed by atoms with van der Waals surface area (Å²) < 4.78 is 4.91. The van der Waals surface area contributed by atoms with Gasteiger partial charge in [-0.1, -0.05) is 18.2 Å². The molecule has 1 aromatic carbocycles. The van der Waals surface area contributed by atoms with Crippen LogP contribution in [0.25, 0.3) is 0 Å². The van der Waals surface area contributed by atoms with Gasteiger partial charge in [0.1, 0.15) is 5.70 Å². The van der Waals surface area contributed by atoms with Crippen molar-refractivity contribution in [2.45, 2.75) is 13.8 Å². The molecule has 0 aliphatic carbocycles. The number of ether oxygens (including phenoxy) is 1. The lowest BCUT2D eigenvalue weighted by molar-refractivity contribution is -0.138. The van der Waals surface area contributed by atoms with Crippen molar-refractivity contribution >= 4 is 17.4 Å². The minimum Gasteiger partial charge on any atom is -0.461 e. The van der Waals surface area contributed by atoms with Crippen molar-refractivity contribution in [1.29, 1.82) is 5.41 Å². The minimum atomic E-state index is -0.456. The summed E-state index contributed by atoms with van der Waals surface area (Å²) in [6, 6.07) is 9.30. The zero-order valence-electron chi connectivity index (χ0n) is 9.99. The highest BCUT2D eigenvalue weighted by Gasteiger charge is 2.10. The third kappa shape index (κ3) is 4.51. The molecule has 0 aliphatic rings. The van der Waals surface area contributed by atoms with E-state index in [0.29, 0.717) is 6.61 Å². The van der Waals surface area contributed by atoms with Crippen LogP contribution in [-0.2, 0) is 9.53 Å². The van der Waals surface area contributed by atoms with Crippen LogP contribution in [-0.4, -0.2) is 18.3 Å². The van der Waals surface area contributed by atoms with E-state index in [1.54, 1.807) is 13.8 Å². The number of rotatable bonds is 5. The maximum absolute atomic E-state index is 11.6. The van der Waals surface area contributed by atoms with Gasteiger partial charge in [0.15, 0.2) is 0 Å². The van der Waals surface area contributed by atoms with Gasteiger partial charge in [-0.15, -0.1) is 0 Å². The first kappa shape index (κ1) is 13.0. The molecule has 90 valence electrons. The van der Waals surface area contributed by atoms with E-state index in [0.717, 1.165) is 5.69 Å². The van der Waals surface area contributed by atoms with Crippen molar-refractivity contribution < 1.29 is 9.53 Å². The molecular weight excluding hydrogens is 216 g/mol. The van der Waals surface area contributed by atoms with E-state index in [1.165, 1.54) is 6.08 Å². The van der Waals surface area contributed by atoms with Gasteiger partial charge in [-0.05, 0) is 32.1 Å². The number of esters is 1. The van der Waals surface area contributed by atoms with E-state index in [4.69, 9.17) is 10.1 Å². The molecule has 0 aliphatic heterocycles. The summed E-state index contributed by atoms with van der Waals surface area (Å²) in [6.45, 7) is 3.66. The molecule has 4 nitrogen and oxygen atoms in total. The summed E-state index contributed by atoms with van der Waals surface area (Å²) in [5.41, 5.74) is 1.34. The number of carbonyl (C=O) groups excluding carboxylic acids is 1. The van der Waals surface area contributed by atoms with Crippen LogP contribution in [0.3, 0.4) is 0 Å². The predicted molar refractivity (Wildman–Crippen MR) is 68.2 cm³/mol. The first-order valence-electron chi connectivity index (χ1n) is 5.39. The second-order valence-corrected chi connectivity index (χ2v) is 3.45. The Morgan fingerprint density at radius 2 is 2.06 bits per heavy atom. The van der Waals surface area contributed by atoms with Gasteiger partial charge in [-0.2, -0.15) is 0 Å². The number of hydrogen-bond donors (Lipinski definition) is 2. The van der Waals surface area contributed by atoms with E-state index in [9.17, 15) is 4.79 Å². The normalized spacial score (nSPS) is 10.8. The monoisotopic (exact) mass is 232 g/mol. The highest BCUT2D eigenvalue weighted by molar-refractivity contribution is 6.01. The van der Waals surface area contributed by atoms with Crippen LogP contribution >= 0.6 is 0 Å². The van der Waals surface area contributed by atoms with E-state index < -0.39 is 5.97 Å². The van der Waals surface area contributed by atoms with Crippen molar-refractivity contribution in [2.75, 3.05) is 11.9 Å². The van der Waals surface area contributed by atoms with Crippen LogP contribution in [0.2, 0.25) is 0 Å². The zero-order chi connectivity index (χ0) is 12.7. The zero-order valence-corrected chi connectivity index (χ0v) is 9.99. The fraction of sp³-hybridized carbons (Fsp3) is 0.231. The number of para-hydroxylation sites is 1. The number of benzene rings is 1. The van der Waals surface area contributed by atoms with Gasteiger partial charge in [0.25, 0.3) is 0 Å². The van der Waals surface area contributed by atoms with Crippen LogP contribution in [0.1, 0.15) is 13.8 Å². The molecule has 0 aromatic heterocycles. The summed E-state index contributed by atoms with van der Waals surface area (Å²) in [4.78, 5) is 11.6. The molecule has 0 atom stereocenters. The molecule has 0 heterocycles. The molecular formula is C13H16N2O2. The molecule has 1 rings (SSSR count). The van der Waals surface area contributed by atoms with Crippen molar-refractivity contribution in [3.8, 4) is 0 Å². The summed E-state index contributed by atoms with van der Waals surface area (Å²) in [5.74, 6) is -0.456. The summed E-state index contributed by atoms with van der Waals surface area (Å²) in [6.07, 6.45) is 1.45. The Bertz CT molecular complexity index is 424. The Hall–Kier alpha value is -2.10. The largest absolute Gasteiger partial charge is 0.461 e. The molecule has 2 N–H and O–H groups in total. The maximum atomic E-state index is 11.6. The van der Waals surface area contributed by atoms with Gasteiger partial charge < -0.3 is 15.5 Å². The molecule has 1 aromatic rings. The average Bonchev–Trinajstić information content (AvgIpc) is 2.29. The fourth-order valence-corrected chi connectivity index (χ4v) is 1.25. The number of allylic oxidation sites excluding steroid dienone is 1. The van der Waals surface area contributed by atoms with Crippen LogP contribution in [0.5, 0.6) is 0 Å². The topological polar surface area (TPSA) is 62.2 Å². The minimum absolute atomic E-state index is 0.269. The first-order valence-corrected chi connectivity index (χ1v) is 5.39. The summed E-state index contributed by atoms with van der Waals surface area (Å²) in [5, 5.41) is 10.3. The second-order valence-electron chi connectivity index (χ2n) is 3.45. The summed E-state index contributed by atoms with van der Waals surface area (Å²) in [7, 11) is 0. The van der Waals surface area contributed by atoms with E-state index >= 15 is 0 Å². The summed E-state index contributed by atoms with van der Waals surface area (Å²) >= 11 is 0. The number of hydrogen-bond acceptors (Lipinski definition) is 4. The highest BCUT2D eigenvalue weighted by atomic mass is 16.5. The Kier molecular flexibility index (Phi) is 4.94. The van der Waals surface area contributed by atoms with Crippen LogP contribution < -0.4 is 5.32 Å². The van der Waals surface area contributed by atoms with E-state index in [-0.39, 0.29) is 11.4 Å². The van der Waals surface area contributed by atoms with Crippen molar-refractivity contribution in [2.24, 2.45) is 0 Å². The molecule has 0 radical (unpaired) electrons. The molecule has 0 amide bonds. The van der Waals surface area contributed by atoms with Crippen molar-refractivity contribution in [3.05, 3.63) is 42.1 Å². The van der Waals surface area contributed by atoms with Crippen molar-refractivity contribution in [1.82, 2.24) is 0 Å². The second kappa shape index (κ2) is 6.48. The number of anilines is 1. The molecule has 0 fully saturated rings. The quantitative estimate of drug-likeness (QED) is 0.466. The average molecular weight is 232 g/mol. The third-order valence-electron chi connectivity index (χ3n) is 1.91. The van der Waals surface area contributed by atoms with Crippen molar-refractivity contribution in [3.63, 3.8) is 0 Å². The van der Waals surface area contributed by atoms with Gasteiger partial charge in [-0.3, -0.25) is 0 Å². The fourth-order valence-electron chi connectivity index (χ4n) is 1.25. The maximum Gasteiger partial charge on any atom is 0.354 e. The smallest absolute Gasteiger partial charge is 0.354 e. The Morgan fingerprint density at radius 1 is 1.41 bits per heavy atom. The van der Waals surface area contributed by atoms with Gasteiger partial charge in [-0.25, -0.2) is 4.79 Å². The molecule has 17 heavy (non-hydrogen) atoms. The number of carbonyl (C=O) groups is 1. The molecule has 0 saturated heterocycles. The number of nitrogens with one attached hydrogen (secondary N) is 2. The SMILES string of the molecule is CCOC(=O)/C(=C/C(C)=N)Nc1ccccc1. The van der Waals surface area contributed by atoms with Gasteiger partial charge >= 0.3 is 5.97 Å². The van der Waals surface area contributed by atoms with Gasteiger partial charge in [0, 0.05) is 11.4 Å². The van der Waals surface area contributed by atoms with E-state index in [1.807, 2.05) is 30.3 Å². The van der Waals surface area contributed by atoms with Crippen LogP contribution in [0, 0.1) is 5.41 Å². The van der Waals surface area contributed by atoms with E-state index in [2.05, 4.69) is 5.32 Å². The highest BCUT2D eigenvalue weighted by Crippen LogP contribution is 2.10. The lowest BCUT2D eigenvalue weighted by Crippen LogP contribution is -2.15. The van der Waals surface area contributed by atoms with Crippen LogP contribution in [0.15, 0.2) is 42.1 Å². The Balaban J connectivity index is 2.85. The van der Waals surface area contributed by atoms with Gasteiger partial charge in [0.2, 0.25) is 0 Å². The molecule has 0 unspecified atom stereocenters. The van der Waals surface area contributed by atoms with Crippen LogP contribution in [0.4, 0.5) is 5.69 Å². The Morgan fingerprint density at radius 3 is 2.59 bits per heavy atom. The predicted octanol–water partition coefficient (Wildman–Crippen LogP) is 2.59. The van der Waals surface area contributed by atoms with Gasteiger partial charge in [0.05, 0.1) is 6.61 Å². The lowest BCUT2D eigenvalue weighted by atomic mass is 10.2. The third-order valence-corrected chi connectivity index (χ3v) is 1.91. The standard InChI is InChI=1S/C13H16N2O2/c1-3-17-13(16)12(9-10(2)14)15-11-7-5-4-6-8-11/h4-9,14-15H,3H2,1-2H3/b12-9-,14-10?. The lowest BCUT2D eigenvalue weighted by Gasteiger charge is -2.09. The molecule has 0 spiro atoms. The molecule has 0 bridgehead atoms. The molecule has 0 saturated carbocycles. The Labute approximate surface area is 101 Å². The molecule has 4 heteroatoms. The first-order chi connectivity index (χ1) is 8.13.